The van der Waals surface area contributed by atoms with Crippen molar-refractivity contribution in [2.24, 2.45) is 11.8 Å². The van der Waals surface area contributed by atoms with Gasteiger partial charge in [0.15, 0.2) is 11.8 Å². The van der Waals surface area contributed by atoms with E-state index < -0.39 is 23.6 Å². The van der Waals surface area contributed by atoms with Crippen LogP contribution in [0.4, 0.5) is 17.6 Å². The minimum atomic E-state index is -2.50. The van der Waals surface area contributed by atoms with Crippen LogP contribution in [0.5, 0.6) is 0 Å². The molecule has 112 valence electrons. The lowest BCUT2D eigenvalue weighted by molar-refractivity contribution is 0.00755. The second-order valence-corrected chi connectivity index (χ2v) is 5.59. The Morgan fingerprint density at radius 2 is 1.95 bits per heavy atom. The first-order valence-corrected chi connectivity index (χ1v) is 7.19. The van der Waals surface area contributed by atoms with Crippen molar-refractivity contribution in [3.05, 3.63) is 36.2 Å². The fourth-order valence-electron chi connectivity index (χ4n) is 3.14. The van der Waals surface area contributed by atoms with Crippen molar-refractivity contribution in [3.63, 3.8) is 0 Å². The Morgan fingerprint density at radius 3 is 2.55 bits per heavy atom. The van der Waals surface area contributed by atoms with Gasteiger partial charge in [-0.25, -0.2) is 13.2 Å². The molecule has 2 atom stereocenters. The van der Waals surface area contributed by atoms with Crippen LogP contribution in [-0.4, -0.2) is 18.5 Å². The smallest absolute Gasteiger partial charge is 0.199 e. The predicted molar refractivity (Wildman–Crippen MR) is 72.2 cm³/mol. The summed E-state index contributed by atoms with van der Waals surface area (Å²) in [5, 5.41) is 0. The molecule has 0 radical (unpaired) electrons. The third kappa shape index (κ3) is 2.99. The van der Waals surface area contributed by atoms with E-state index in [0.717, 1.165) is 12.2 Å². The van der Waals surface area contributed by atoms with Crippen LogP contribution < -0.4 is 0 Å². The zero-order valence-corrected chi connectivity index (χ0v) is 11.4. The van der Waals surface area contributed by atoms with Gasteiger partial charge < -0.3 is 0 Å². The average Bonchev–Trinajstić information content (AvgIpc) is 2.46. The normalized spacial score (nSPS) is 38.2. The highest BCUT2D eigenvalue weighted by molar-refractivity contribution is 5.29. The highest BCUT2D eigenvalue weighted by atomic mass is 19.2. The standard InChI is InChI=1S/C16H20F4/c17-11-2-1-4-12-7-9-13(10-8-12)16(20)14(18)5-3-6-15(16)19/h1,3-6,12-14H,2,7-11H2/t12-,13-,14?,16?. The molecule has 0 heterocycles. The molecule has 0 aromatic rings. The van der Waals surface area contributed by atoms with Crippen LogP contribution in [0.15, 0.2) is 36.2 Å². The minimum absolute atomic E-state index is 0.269. The molecule has 2 aliphatic carbocycles. The van der Waals surface area contributed by atoms with Crippen molar-refractivity contribution in [3.8, 4) is 0 Å². The van der Waals surface area contributed by atoms with Crippen LogP contribution in [0, 0.1) is 11.8 Å². The Morgan fingerprint density at radius 1 is 1.25 bits per heavy atom. The minimum Gasteiger partial charge on any atom is -0.251 e. The molecule has 0 aromatic heterocycles. The van der Waals surface area contributed by atoms with Crippen molar-refractivity contribution in [2.45, 2.75) is 43.9 Å². The third-order valence-electron chi connectivity index (χ3n) is 4.34. The van der Waals surface area contributed by atoms with E-state index in [1.807, 2.05) is 6.08 Å². The van der Waals surface area contributed by atoms with Gasteiger partial charge in [-0.1, -0.05) is 18.2 Å². The molecule has 0 N–H and O–H groups in total. The molecular formula is C16H20F4. The molecule has 0 saturated heterocycles. The first-order valence-electron chi connectivity index (χ1n) is 7.19. The summed E-state index contributed by atoms with van der Waals surface area (Å²) in [5.41, 5.74) is -2.50. The number of hydrogen-bond acceptors (Lipinski definition) is 0. The third-order valence-corrected chi connectivity index (χ3v) is 4.34. The highest BCUT2D eigenvalue weighted by Gasteiger charge is 2.51. The van der Waals surface area contributed by atoms with Crippen molar-refractivity contribution in [1.82, 2.24) is 0 Å². The number of hydrogen-bond donors (Lipinski definition) is 0. The van der Waals surface area contributed by atoms with Crippen LogP contribution in [0.2, 0.25) is 0 Å². The van der Waals surface area contributed by atoms with Crippen molar-refractivity contribution in [2.75, 3.05) is 6.67 Å². The van der Waals surface area contributed by atoms with E-state index in [2.05, 4.69) is 0 Å². The van der Waals surface area contributed by atoms with Gasteiger partial charge in [0.1, 0.15) is 5.83 Å². The number of rotatable bonds is 4. The van der Waals surface area contributed by atoms with Gasteiger partial charge in [-0.3, -0.25) is 4.39 Å². The molecule has 0 amide bonds. The van der Waals surface area contributed by atoms with E-state index in [4.69, 9.17) is 0 Å². The van der Waals surface area contributed by atoms with E-state index in [9.17, 15) is 17.6 Å². The lowest BCUT2D eigenvalue weighted by atomic mass is 9.71. The summed E-state index contributed by atoms with van der Waals surface area (Å²) in [6.07, 6.45) is 7.85. The van der Waals surface area contributed by atoms with Crippen molar-refractivity contribution >= 4 is 0 Å². The Labute approximate surface area is 117 Å². The fourth-order valence-corrected chi connectivity index (χ4v) is 3.14. The molecule has 0 spiro atoms. The van der Waals surface area contributed by atoms with E-state index in [-0.39, 0.29) is 12.6 Å². The Kier molecular flexibility index (Phi) is 5.06. The predicted octanol–water partition coefficient (Wildman–Crippen LogP) is 5.18. The van der Waals surface area contributed by atoms with Gasteiger partial charge in [-0.05, 0) is 50.2 Å². The number of alkyl halides is 3. The monoisotopic (exact) mass is 288 g/mol. The number of allylic oxidation sites excluding steroid dienone is 6. The van der Waals surface area contributed by atoms with Crippen LogP contribution in [-0.2, 0) is 0 Å². The summed E-state index contributed by atoms with van der Waals surface area (Å²) in [6, 6.07) is 0. The van der Waals surface area contributed by atoms with Gasteiger partial charge in [0.2, 0.25) is 0 Å². The molecule has 20 heavy (non-hydrogen) atoms. The van der Waals surface area contributed by atoms with Gasteiger partial charge >= 0.3 is 0 Å². The lowest BCUT2D eigenvalue weighted by Crippen LogP contribution is -2.45. The van der Waals surface area contributed by atoms with Crippen LogP contribution >= 0.6 is 0 Å². The first-order chi connectivity index (χ1) is 9.59. The van der Waals surface area contributed by atoms with Gasteiger partial charge in [0.25, 0.3) is 0 Å². The Hall–Kier alpha value is -1.06. The van der Waals surface area contributed by atoms with Gasteiger partial charge in [0, 0.05) is 5.92 Å². The molecule has 0 aliphatic heterocycles. The molecule has 1 fully saturated rings. The second-order valence-electron chi connectivity index (χ2n) is 5.59. The van der Waals surface area contributed by atoms with E-state index in [1.165, 1.54) is 6.08 Å². The zero-order chi connectivity index (χ0) is 14.6. The van der Waals surface area contributed by atoms with Gasteiger partial charge in [0.05, 0.1) is 6.67 Å². The molecule has 0 nitrogen and oxygen atoms in total. The van der Waals surface area contributed by atoms with Gasteiger partial charge in [-0.15, -0.1) is 0 Å². The molecule has 1 saturated carbocycles. The summed E-state index contributed by atoms with van der Waals surface area (Å²) in [7, 11) is 0. The topological polar surface area (TPSA) is 0 Å². The molecule has 0 aromatic carbocycles. The first kappa shape index (κ1) is 15.3. The molecule has 0 bridgehead atoms. The van der Waals surface area contributed by atoms with Crippen LogP contribution in [0.25, 0.3) is 0 Å². The molecule has 4 heteroatoms. The Balaban J connectivity index is 1.96. The van der Waals surface area contributed by atoms with Crippen molar-refractivity contribution < 1.29 is 17.6 Å². The van der Waals surface area contributed by atoms with Crippen LogP contribution in [0.3, 0.4) is 0 Å². The lowest BCUT2D eigenvalue weighted by Gasteiger charge is -2.39. The van der Waals surface area contributed by atoms with Gasteiger partial charge in [-0.2, -0.15) is 0 Å². The highest BCUT2D eigenvalue weighted by Crippen LogP contribution is 2.46. The summed E-state index contributed by atoms with van der Waals surface area (Å²) >= 11 is 0. The molecule has 2 rings (SSSR count). The van der Waals surface area contributed by atoms with Crippen molar-refractivity contribution in [1.29, 1.82) is 0 Å². The molecule has 2 aliphatic rings. The van der Waals surface area contributed by atoms with E-state index in [1.54, 1.807) is 6.08 Å². The fraction of sp³-hybridized carbons (Fsp3) is 0.625. The number of halogens is 4. The van der Waals surface area contributed by atoms with E-state index in [0.29, 0.717) is 32.1 Å². The summed E-state index contributed by atoms with van der Waals surface area (Å²) in [5.74, 6) is -1.35. The van der Waals surface area contributed by atoms with Crippen LogP contribution in [0.1, 0.15) is 32.1 Å². The summed E-state index contributed by atoms with van der Waals surface area (Å²) < 4.78 is 54.3. The summed E-state index contributed by atoms with van der Waals surface area (Å²) in [6.45, 7) is -0.384. The largest absolute Gasteiger partial charge is 0.251 e. The molecule has 2 unspecified atom stereocenters. The molecular weight excluding hydrogens is 268 g/mol. The maximum atomic E-state index is 14.7. The second kappa shape index (κ2) is 6.59. The average molecular weight is 288 g/mol. The maximum absolute atomic E-state index is 14.7. The zero-order valence-electron chi connectivity index (χ0n) is 11.4. The SMILES string of the molecule is FCCC=C[C@H]1CC[C@H](C2(F)C(F)=CC=CC2F)CC1. The quantitative estimate of drug-likeness (QED) is 0.494. The maximum Gasteiger partial charge on any atom is 0.199 e. The summed E-state index contributed by atoms with van der Waals surface area (Å²) in [4.78, 5) is 0. The Bertz CT molecular complexity index is 405. The van der Waals surface area contributed by atoms with E-state index >= 15 is 0 Å².